The zero-order chi connectivity index (χ0) is 22.2. The number of carbonyl (C=O) groups is 1. The SMILES string of the molecule is O=C1/C(=C/c2cc3cc4c(cc3nc2Cl)OCCO4)SC(=S)N1CCc1ccc(O)cc1. The lowest BCUT2D eigenvalue weighted by molar-refractivity contribution is -0.122. The Balaban J connectivity index is 1.39. The number of phenolic OH excluding ortho intramolecular Hbond substituents is 1. The van der Waals surface area contributed by atoms with E-state index >= 15 is 0 Å². The Morgan fingerprint density at radius 1 is 1.16 bits per heavy atom. The number of ether oxygens (including phenoxy) is 2. The third-order valence-corrected chi connectivity index (χ3v) is 6.86. The standard InChI is InChI=1S/C23H17ClN2O4S2/c24-21-15(9-14-10-18-19(12-17(14)25-21)30-8-7-29-18)11-20-22(28)26(23(31)32-20)6-5-13-1-3-16(27)4-2-13/h1-4,9-12,27H,5-8H2/b20-11-. The van der Waals surface area contributed by atoms with Crippen LogP contribution in [0.1, 0.15) is 11.1 Å². The molecule has 1 amide bonds. The fourth-order valence-corrected chi connectivity index (χ4v) is 5.04. The van der Waals surface area contributed by atoms with Gasteiger partial charge < -0.3 is 14.6 Å². The zero-order valence-electron chi connectivity index (χ0n) is 16.7. The molecule has 0 bridgehead atoms. The number of phenols is 1. The molecule has 0 radical (unpaired) electrons. The lowest BCUT2D eigenvalue weighted by atomic mass is 10.1. The summed E-state index contributed by atoms with van der Waals surface area (Å²) < 4.78 is 11.8. The van der Waals surface area contributed by atoms with Gasteiger partial charge in [-0.1, -0.05) is 47.7 Å². The molecule has 162 valence electrons. The molecule has 0 saturated carbocycles. The predicted octanol–water partition coefficient (Wildman–Crippen LogP) is 4.81. The summed E-state index contributed by atoms with van der Waals surface area (Å²) in [7, 11) is 0. The van der Waals surface area contributed by atoms with Crippen molar-refractivity contribution >= 4 is 62.8 Å². The molecular weight excluding hydrogens is 468 g/mol. The smallest absolute Gasteiger partial charge is 0.266 e. The van der Waals surface area contributed by atoms with Gasteiger partial charge in [-0.3, -0.25) is 9.69 Å². The molecule has 3 aromatic rings. The van der Waals surface area contributed by atoms with Crippen LogP contribution in [-0.2, 0) is 11.2 Å². The minimum Gasteiger partial charge on any atom is -0.508 e. The number of fused-ring (bicyclic) bond motifs is 2. The normalized spacial score (nSPS) is 16.9. The Bertz CT molecular complexity index is 1280. The summed E-state index contributed by atoms with van der Waals surface area (Å²) in [6, 6.07) is 12.5. The maximum absolute atomic E-state index is 13.0. The van der Waals surface area contributed by atoms with E-state index in [-0.39, 0.29) is 11.7 Å². The number of benzene rings is 2. The number of nitrogens with zero attached hydrogens (tertiary/aromatic N) is 2. The van der Waals surface area contributed by atoms with Crippen LogP contribution in [0.2, 0.25) is 5.15 Å². The lowest BCUT2D eigenvalue weighted by Gasteiger charge is -2.18. The molecule has 32 heavy (non-hydrogen) atoms. The summed E-state index contributed by atoms with van der Waals surface area (Å²) in [4.78, 5) is 19.5. The van der Waals surface area contributed by atoms with Gasteiger partial charge in [0.15, 0.2) is 11.5 Å². The fraction of sp³-hybridized carbons (Fsp3) is 0.174. The molecule has 5 rings (SSSR count). The van der Waals surface area contributed by atoms with Crippen molar-refractivity contribution in [2.24, 2.45) is 0 Å². The Labute approximate surface area is 198 Å². The third kappa shape index (κ3) is 4.13. The number of thiocarbonyl (C=S) groups is 1. The monoisotopic (exact) mass is 484 g/mol. The van der Waals surface area contributed by atoms with E-state index in [1.54, 1.807) is 23.1 Å². The highest BCUT2D eigenvalue weighted by atomic mass is 35.5. The number of hydrogen-bond acceptors (Lipinski definition) is 7. The van der Waals surface area contributed by atoms with Crippen LogP contribution >= 0.6 is 35.6 Å². The van der Waals surface area contributed by atoms with Crippen LogP contribution < -0.4 is 9.47 Å². The van der Waals surface area contributed by atoms with Gasteiger partial charge in [-0.05, 0) is 42.3 Å². The van der Waals surface area contributed by atoms with Crippen molar-refractivity contribution < 1.29 is 19.4 Å². The van der Waals surface area contributed by atoms with E-state index in [0.717, 1.165) is 10.9 Å². The van der Waals surface area contributed by atoms with Crippen molar-refractivity contribution in [1.82, 2.24) is 9.88 Å². The molecule has 6 nitrogen and oxygen atoms in total. The minimum absolute atomic E-state index is 0.155. The Kier molecular flexibility index (Phi) is 5.67. The minimum atomic E-state index is -0.155. The first-order chi connectivity index (χ1) is 15.5. The maximum atomic E-state index is 13.0. The number of hydrogen-bond donors (Lipinski definition) is 1. The van der Waals surface area contributed by atoms with Crippen molar-refractivity contribution in [1.29, 1.82) is 0 Å². The first kappa shape index (κ1) is 21.1. The average molecular weight is 485 g/mol. The van der Waals surface area contributed by atoms with Crippen molar-refractivity contribution in [2.75, 3.05) is 19.8 Å². The van der Waals surface area contributed by atoms with E-state index in [9.17, 15) is 9.90 Å². The van der Waals surface area contributed by atoms with Crippen LogP contribution in [0.5, 0.6) is 17.2 Å². The quantitative estimate of drug-likeness (QED) is 0.323. The lowest BCUT2D eigenvalue weighted by Crippen LogP contribution is -2.30. The third-order valence-electron chi connectivity index (χ3n) is 5.18. The van der Waals surface area contributed by atoms with Crippen LogP contribution in [-0.4, -0.2) is 45.0 Å². The molecular formula is C23H17ClN2O4S2. The highest BCUT2D eigenvalue weighted by Gasteiger charge is 2.32. The number of pyridine rings is 1. The van der Waals surface area contributed by atoms with Crippen LogP contribution in [0, 0.1) is 0 Å². The molecule has 0 atom stereocenters. The van der Waals surface area contributed by atoms with Gasteiger partial charge in [0.05, 0.1) is 10.4 Å². The number of carbonyl (C=O) groups excluding carboxylic acids is 1. The predicted molar refractivity (Wildman–Crippen MR) is 129 cm³/mol. The first-order valence-corrected chi connectivity index (χ1v) is 11.5. The summed E-state index contributed by atoms with van der Waals surface area (Å²) in [6.45, 7) is 1.46. The van der Waals surface area contributed by atoms with E-state index in [1.165, 1.54) is 11.8 Å². The van der Waals surface area contributed by atoms with Gasteiger partial charge in [-0.25, -0.2) is 4.98 Å². The van der Waals surface area contributed by atoms with E-state index in [2.05, 4.69) is 4.98 Å². The summed E-state index contributed by atoms with van der Waals surface area (Å²) in [5.41, 5.74) is 2.34. The Morgan fingerprint density at radius 3 is 2.62 bits per heavy atom. The number of thioether (sulfide) groups is 1. The number of halogens is 1. The van der Waals surface area contributed by atoms with Gasteiger partial charge in [0.25, 0.3) is 5.91 Å². The maximum Gasteiger partial charge on any atom is 0.266 e. The van der Waals surface area contributed by atoms with Gasteiger partial charge in [0, 0.05) is 23.6 Å². The average Bonchev–Trinajstić information content (AvgIpc) is 3.05. The molecule has 2 aliphatic heterocycles. The van der Waals surface area contributed by atoms with Crippen LogP contribution in [0.25, 0.3) is 17.0 Å². The second-order valence-corrected chi connectivity index (χ2v) is 9.34. The van der Waals surface area contributed by atoms with Crippen molar-refractivity contribution in [3.05, 3.63) is 63.6 Å². The van der Waals surface area contributed by atoms with Crippen molar-refractivity contribution in [3.63, 3.8) is 0 Å². The van der Waals surface area contributed by atoms with E-state index < -0.39 is 0 Å². The molecule has 1 N–H and O–H groups in total. The number of rotatable bonds is 4. The second-order valence-electron chi connectivity index (χ2n) is 7.31. The molecule has 2 aromatic carbocycles. The van der Waals surface area contributed by atoms with Crippen molar-refractivity contribution in [3.8, 4) is 17.2 Å². The Morgan fingerprint density at radius 2 is 1.88 bits per heavy atom. The van der Waals surface area contributed by atoms with Gasteiger partial charge in [0.1, 0.15) is 28.4 Å². The molecule has 3 heterocycles. The highest BCUT2D eigenvalue weighted by Crippen LogP contribution is 2.37. The molecule has 0 aliphatic carbocycles. The zero-order valence-corrected chi connectivity index (χ0v) is 19.1. The fourth-order valence-electron chi connectivity index (χ4n) is 3.54. The summed E-state index contributed by atoms with van der Waals surface area (Å²) in [6.07, 6.45) is 2.36. The molecule has 9 heteroatoms. The van der Waals surface area contributed by atoms with Gasteiger partial charge in [0.2, 0.25) is 0 Å². The number of aromatic nitrogens is 1. The van der Waals surface area contributed by atoms with Crippen LogP contribution in [0.15, 0.2) is 47.4 Å². The molecule has 1 aromatic heterocycles. The van der Waals surface area contributed by atoms with E-state index in [4.69, 9.17) is 33.3 Å². The second kappa shape index (κ2) is 8.61. The molecule has 1 saturated heterocycles. The van der Waals surface area contributed by atoms with Crippen LogP contribution in [0.3, 0.4) is 0 Å². The summed E-state index contributed by atoms with van der Waals surface area (Å²) >= 11 is 13.1. The largest absolute Gasteiger partial charge is 0.508 e. The van der Waals surface area contributed by atoms with Gasteiger partial charge >= 0.3 is 0 Å². The van der Waals surface area contributed by atoms with E-state index in [0.29, 0.717) is 63.1 Å². The molecule has 0 unspecified atom stereocenters. The summed E-state index contributed by atoms with van der Waals surface area (Å²) in [5, 5.41) is 10.6. The number of aromatic hydroxyl groups is 1. The van der Waals surface area contributed by atoms with Crippen molar-refractivity contribution in [2.45, 2.75) is 6.42 Å². The number of amides is 1. The Hall–Kier alpha value is -2.81. The topological polar surface area (TPSA) is 71.9 Å². The van der Waals surface area contributed by atoms with E-state index in [1.807, 2.05) is 30.3 Å². The molecule has 1 fully saturated rings. The molecule has 0 spiro atoms. The molecule has 2 aliphatic rings. The first-order valence-electron chi connectivity index (χ1n) is 9.91. The highest BCUT2D eigenvalue weighted by molar-refractivity contribution is 8.26. The summed E-state index contributed by atoms with van der Waals surface area (Å²) in [5.74, 6) is 1.37. The van der Waals surface area contributed by atoms with Gasteiger partial charge in [-0.2, -0.15) is 0 Å². The van der Waals surface area contributed by atoms with Gasteiger partial charge in [-0.15, -0.1) is 0 Å². The van der Waals surface area contributed by atoms with Crippen LogP contribution in [0.4, 0.5) is 0 Å².